The monoisotopic (exact) mass is 161 g/mol. The molecule has 0 aliphatic rings. The summed E-state index contributed by atoms with van der Waals surface area (Å²) >= 11 is 0.870. The van der Waals surface area contributed by atoms with Crippen LogP contribution < -0.4 is 0 Å². The van der Waals surface area contributed by atoms with Gasteiger partial charge in [-0.25, -0.2) is 8.78 Å². The summed E-state index contributed by atoms with van der Waals surface area (Å²) in [5.41, 5.74) is -0.0278. The number of alkyl halides is 2. The molecule has 0 spiro atoms. The van der Waals surface area contributed by atoms with Gasteiger partial charge in [0.1, 0.15) is 0 Å². The molecule has 0 atom stereocenters. The molecule has 0 saturated carbocycles. The highest BCUT2D eigenvalue weighted by molar-refractivity contribution is 7.10. The Morgan fingerprint density at radius 2 is 2.30 bits per heavy atom. The van der Waals surface area contributed by atoms with Gasteiger partial charge in [0.25, 0.3) is 6.43 Å². The number of hydrogen-bond acceptors (Lipinski definition) is 2. The Balaban J connectivity index is 3.01. The first-order valence-electron chi connectivity index (χ1n) is 2.49. The van der Waals surface area contributed by atoms with Crippen molar-refractivity contribution in [2.24, 2.45) is 0 Å². The molecule has 0 N–H and O–H groups in total. The first-order chi connectivity index (χ1) is 4.75. The van der Waals surface area contributed by atoms with E-state index in [1.807, 2.05) is 0 Å². The van der Waals surface area contributed by atoms with Crippen LogP contribution in [0.25, 0.3) is 0 Å². The molecular weight excluding hydrogens is 158 g/mol. The molecule has 10 heavy (non-hydrogen) atoms. The molecule has 1 heterocycles. The van der Waals surface area contributed by atoms with Crippen molar-refractivity contribution in [3.63, 3.8) is 0 Å². The largest absolute Gasteiger partial charge is 0.285 e. The van der Waals surface area contributed by atoms with Crippen molar-refractivity contribution in [3.05, 3.63) is 21.9 Å². The summed E-state index contributed by atoms with van der Waals surface area (Å²) in [6.45, 7) is 0. The lowest BCUT2D eigenvalue weighted by atomic mass is 10.3. The molecule has 4 heteroatoms. The standard InChI is InChI=1S/C6H3F2OS/c7-6(8)5-4(3-9)1-2-10-5/h1-2,6H. The van der Waals surface area contributed by atoms with E-state index in [2.05, 4.69) is 0 Å². The van der Waals surface area contributed by atoms with Gasteiger partial charge in [0, 0.05) is 5.56 Å². The Morgan fingerprint density at radius 1 is 1.60 bits per heavy atom. The van der Waals surface area contributed by atoms with Crippen molar-refractivity contribution in [1.29, 1.82) is 0 Å². The fraction of sp³-hybridized carbons (Fsp3) is 0.167. The molecule has 0 aliphatic carbocycles. The molecule has 0 fully saturated rings. The van der Waals surface area contributed by atoms with Crippen LogP contribution in [-0.4, -0.2) is 6.29 Å². The van der Waals surface area contributed by atoms with Gasteiger partial charge in [0.15, 0.2) is 0 Å². The van der Waals surface area contributed by atoms with E-state index in [0.717, 1.165) is 11.3 Å². The zero-order chi connectivity index (χ0) is 7.56. The lowest BCUT2D eigenvalue weighted by Crippen LogP contribution is -1.84. The first kappa shape index (κ1) is 7.34. The van der Waals surface area contributed by atoms with Crippen LogP contribution >= 0.6 is 11.3 Å². The number of rotatable bonds is 2. The second-order valence-corrected chi connectivity index (χ2v) is 2.55. The molecule has 0 aliphatic heterocycles. The number of hydrogen-bond donors (Lipinski definition) is 0. The van der Waals surface area contributed by atoms with Crippen LogP contribution in [0.2, 0.25) is 0 Å². The molecule has 1 radical (unpaired) electrons. The third-order valence-corrected chi connectivity index (χ3v) is 1.93. The van der Waals surface area contributed by atoms with E-state index in [1.54, 1.807) is 0 Å². The highest BCUT2D eigenvalue weighted by Gasteiger charge is 2.13. The van der Waals surface area contributed by atoms with Crippen LogP contribution in [0.3, 0.4) is 0 Å². The molecule has 0 saturated heterocycles. The van der Waals surface area contributed by atoms with E-state index in [0.29, 0.717) is 0 Å². The summed E-state index contributed by atoms with van der Waals surface area (Å²) in [6, 6.07) is 1.33. The molecule has 0 aromatic carbocycles. The Morgan fingerprint density at radius 3 is 2.70 bits per heavy atom. The molecule has 0 bridgehead atoms. The minimum absolute atomic E-state index is 0.0278. The van der Waals surface area contributed by atoms with E-state index < -0.39 is 6.43 Å². The fourth-order valence-corrected chi connectivity index (χ4v) is 1.26. The number of thiophene rings is 1. The van der Waals surface area contributed by atoms with Crippen molar-refractivity contribution in [1.82, 2.24) is 0 Å². The van der Waals surface area contributed by atoms with Crippen molar-refractivity contribution in [2.75, 3.05) is 0 Å². The molecular formula is C6H3F2OS. The van der Waals surface area contributed by atoms with Crippen molar-refractivity contribution < 1.29 is 13.6 Å². The van der Waals surface area contributed by atoms with Gasteiger partial charge >= 0.3 is 0 Å². The van der Waals surface area contributed by atoms with E-state index in [4.69, 9.17) is 0 Å². The molecule has 1 rings (SSSR count). The van der Waals surface area contributed by atoms with Crippen LogP contribution in [0, 0.1) is 0 Å². The molecule has 0 amide bonds. The van der Waals surface area contributed by atoms with Gasteiger partial charge in [0.05, 0.1) is 4.88 Å². The zero-order valence-electron chi connectivity index (χ0n) is 4.80. The smallest absolute Gasteiger partial charge is 0.273 e. The average molecular weight is 161 g/mol. The lowest BCUT2D eigenvalue weighted by Gasteiger charge is -1.91. The zero-order valence-corrected chi connectivity index (χ0v) is 5.62. The predicted octanol–water partition coefficient (Wildman–Crippen LogP) is 2.14. The van der Waals surface area contributed by atoms with Gasteiger partial charge in [-0.15, -0.1) is 11.3 Å². The number of halogens is 2. The Bertz CT molecular complexity index is 231. The molecule has 0 unspecified atom stereocenters. The summed E-state index contributed by atoms with van der Waals surface area (Å²) < 4.78 is 23.8. The van der Waals surface area contributed by atoms with E-state index in [1.165, 1.54) is 17.7 Å². The number of carbonyl (C=O) groups excluding carboxylic acids is 1. The molecule has 1 aromatic heterocycles. The predicted molar refractivity (Wildman–Crippen MR) is 34.1 cm³/mol. The maximum absolute atomic E-state index is 11.9. The van der Waals surface area contributed by atoms with Gasteiger partial charge in [-0.2, -0.15) is 0 Å². The van der Waals surface area contributed by atoms with Gasteiger partial charge < -0.3 is 0 Å². The quantitative estimate of drug-likeness (QED) is 0.649. The van der Waals surface area contributed by atoms with Gasteiger partial charge in [-0.1, -0.05) is 0 Å². The van der Waals surface area contributed by atoms with Crippen LogP contribution in [0.15, 0.2) is 11.4 Å². The minimum Gasteiger partial charge on any atom is -0.285 e. The normalized spacial score (nSPS) is 10.3. The van der Waals surface area contributed by atoms with Crippen molar-refractivity contribution in [2.45, 2.75) is 6.43 Å². The van der Waals surface area contributed by atoms with Crippen LogP contribution in [0.4, 0.5) is 8.78 Å². The van der Waals surface area contributed by atoms with Gasteiger partial charge in [-0.05, 0) is 11.4 Å². The SMILES string of the molecule is O=[C]c1ccsc1C(F)F. The third kappa shape index (κ3) is 1.21. The fourth-order valence-electron chi connectivity index (χ4n) is 0.574. The van der Waals surface area contributed by atoms with Crippen LogP contribution in [0.5, 0.6) is 0 Å². The van der Waals surface area contributed by atoms with Crippen LogP contribution in [0.1, 0.15) is 16.9 Å². The van der Waals surface area contributed by atoms with Gasteiger partial charge in [-0.3, -0.25) is 4.79 Å². The van der Waals surface area contributed by atoms with Crippen molar-refractivity contribution in [3.8, 4) is 0 Å². The molecule has 1 aromatic rings. The molecule has 53 valence electrons. The summed E-state index contributed by atoms with van der Waals surface area (Å²) in [4.78, 5) is 9.74. The van der Waals surface area contributed by atoms with Crippen LogP contribution in [-0.2, 0) is 4.79 Å². The van der Waals surface area contributed by atoms with E-state index in [9.17, 15) is 13.6 Å². The average Bonchev–Trinajstić information content (AvgIpc) is 2.33. The summed E-state index contributed by atoms with van der Waals surface area (Å²) in [6.07, 6.45) is -1.12. The minimum atomic E-state index is -2.56. The Hall–Kier alpha value is -0.770. The second kappa shape index (κ2) is 2.88. The Kier molecular flexibility index (Phi) is 2.11. The Labute approximate surface area is 60.3 Å². The third-order valence-electron chi connectivity index (χ3n) is 1.00. The van der Waals surface area contributed by atoms with Crippen molar-refractivity contribution >= 4 is 17.6 Å². The van der Waals surface area contributed by atoms with Gasteiger partial charge in [0.2, 0.25) is 6.29 Å². The second-order valence-electron chi connectivity index (χ2n) is 1.60. The maximum atomic E-state index is 11.9. The topological polar surface area (TPSA) is 17.1 Å². The summed E-state index contributed by atoms with van der Waals surface area (Å²) in [5, 5.41) is 1.45. The lowest BCUT2D eigenvalue weighted by molar-refractivity contribution is 0.155. The summed E-state index contributed by atoms with van der Waals surface area (Å²) in [5.74, 6) is 0. The summed E-state index contributed by atoms with van der Waals surface area (Å²) in [7, 11) is 0. The van der Waals surface area contributed by atoms with E-state index >= 15 is 0 Å². The maximum Gasteiger partial charge on any atom is 0.273 e. The highest BCUT2D eigenvalue weighted by Crippen LogP contribution is 2.26. The molecule has 1 nitrogen and oxygen atoms in total. The highest BCUT2D eigenvalue weighted by atomic mass is 32.1. The first-order valence-corrected chi connectivity index (χ1v) is 3.37. The van der Waals surface area contributed by atoms with E-state index in [-0.39, 0.29) is 10.4 Å².